The van der Waals surface area contributed by atoms with Gasteiger partial charge in [-0.2, -0.15) is 0 Å². The predicted molar refractivity (Wildman–Crippen MR) is 79.2 cm³/mol. The summed E-state index contributed by atoms with van der Waals surface area (Å²) in [6, 6.07) is 13.4. The van der Waals surface area contributed by atoms with Crippen LogP contribution in [-0.4, -0.2) is 10.8 Å². The summed E-state index contributed by atoms with van der Waals surface area (Å²) in [6.45, 7) is 1.35. The predicted octanol–water partition coefficient (Wildman–Crippen LogP) is 4.26. The van der Waals surface area contributed by atoms with Crippen molar-refractivity contribution >= 4 is 33.4 Å². The lowest BCUT2D eigenvalue weighted by Gasteiger charge is -2.15. The summed E-state index contributed by atoms with van der Waals surface area (Å²) in [5, 5.41) is 0.612. The summed E-state index contributed by atoms with van der Waals surface area (Å²) in [6.07, 6.45) is 0. The number of hydrogen-bond donors (Lipinski definition) is 0. The standard InChI is InChI=1S/C15H11BrClNO/c16-13-7-10(5-6-14(13)17)15(19)18-8-11-3-1-2-4-12(11)9-18/h1-7H,8-9H2. The molecule has 0 N–H and O–H groups in total. The zero-order valence-corrected chi connectivity index (χ0v) is 12.4. The molecular weight excluding hydrogens is 326 g/mol. The normalized spacial score (nSPS) is 13.5. The highest BCUT2D eigenvalue weighted by Crippen LogP contribution is 2.27. The van der Waals surface area contributed by atoms with E-state index in [1.54, 1.807) is 18.2 Å². The van der Waals surface area contributed by atoms with Gasteiger partial charge >= 0.3 is 0 Å². The first kappa shape index (κ1) is 12.7. The minimum atomic E-state index is 0.0357. The Balaban J connectivity index is 1.85. The maximum absolute atomic E-state index is 12.4. The number of amides is 1. The lowest BCUT2D eigenvalue weighted by molar-refractivity contribution is 0.0751. The van der Waals surface area contributed by atoms with Gasteiger partial charge in [-0.05, 0) is 45.3 Å². The highest BCUT2D eigenvalue weighted by molar-refractivity contribution is 9.10. The van der Waals surface area contributed by atoms with Crippen LogP contribution in [0.2, 0.25) is 5.02 Å². The van der Waals surface area contributed by atoms with E-state index < -0.39 is 0 Å². The average molecular weight is 337 g/mol. The molecule has 1 aliphatic rings. The summed E-state index contributed by atoms with van der Waals surface area (Å²) in [4.78, 5) is 14.3. The first-order valence-electron chi connectivity index (χ1n) is 5.96. The Morgan fingerprint density at radius 1 is 1.11 bits per heavy atom. The van der Waals surface area contributed by atoms with Crippen LogP contribution in [0, 0.1) is 0 Å². The van der Waals surface area contributed by atoms with Gasteiger partial charge in [0.2, 0.25) is 0 Å². The number of benzene rings is 2. The average Bonchev–Trinajstić information content (AvgIpc) is 2.85. The highest BCUT2D eigenvalue weighted by Gasteiger charge is 2.24. The van der Waals surface area contributed by atoms with E-state index in [4.69, 9.17) is 11.6 Å². The van der Waals surface area contributed by atoms with Crippen molar-refractivity contribution in [3.05, 3.63) is 68.7 Å². The first-order valence-corrected chi connectivity index (χ1v) is 7.13. The molecule has 19 heavy (non-hydrogen) atoms. The van der Waals surface area contributed by atoms with Crippen LogP contribution in [0.5, 0.6) is 0 Å². The molecule has 0 spiro atoms. The van der Waals surface area contributed by atoms with Crippen molar-refractivity contribution in [1.29, 1.82) is 0 Å². The van der Waals surface area contributed by atoms with E-state index in [1.165, 1.54) is 11.1 Å². The SMILES string of the molecule is O=C(c1ccc(Cl)c(Br)c1)N1Cc2ccccc2C1. The van der Waals surface area contributed by atoms with Crippen molar-refractivity contribution in [2.24, 2.45) is 0 Å². The summed E-state index contributed by atoms with van der Waals surface area (Å²) in [5.74, 6) is 0.0357. The lowest BCUT2D eigenvalue weighted by Crippen LogP contribution is -2.25. The van der Waals surface area contributed by atoms with Crippen LogP contribution in [0.3, 0.4) is 0 Å². The number of carbonyl (C=O) groups is 1. The fraction of sp³-hybridized carbons (Fsp3) is 0.133. The van der Waals surface area contributed by atoms with Crippen LogP contribution < -0.4 is 0 Å². The van der Waals surface area contributed by atoms with Gasteiger partial charge < -0.3 is 4.90 Å². The second-order valence-corrected chi connectivity index (χ2v) is 5.82. The topological polar surface area (TPSA) is 20.3 Å². The zero-order chi connectivity index (χ0) is 13.4. The Hall–Kier alpha value is -1.32. The summed E-state index contributed by atoms with van der Waals surface area (Å²) >= 11 is 9.29. The van der Waals surface area contributed by atoms with Crippen molar-refractivity contribution in [2.45, 2.75) is 13.1 Å². The Morgan fingerprint density at radius 3 is 2.32 bits per heavy atom. The molecule has 0 fully saturated rings. The molecule has 2 nitrogen and oxygen atoms in total. The molecule has 4 heteroatoms. The zero-order valence-electron chi connectivity index (χ0n) is 10.1. The quantitative estimate of drug-likeness (QED) is 0.762. The van der Waals surface area contributed by atoms with Gasteiger partial charge in [-0.15, -0.1) is 0 Å². The van der Waals surface area contributed by atoms with Crippen LogP contribution in [0.15, 0.2) is 46.9 Å². The summed E-state index contributed by atoms with van der Waals surface area (Å²) in [7, 11) is 0. The van der Waals surface area contributed by atoms with Gasteiger partial charge in [0.05, 0.1) is 5.02 Å². The third kappa shape index (κ3) is 2.40. The van der Waals surface area contributed by atoms with E-state index >= 15 is 0 Å². The van der Waals surface area contributed by atoms with Gasteiger partial charge in [-0.1, -0.05) is 35.9 Å². The number of fused-ring (bicyclic) bond motifs is 1. The first-order chi connectivity index (χ1) is 9.15. The molecule has 3 rings (SSSR count). The molecule has 1 aliphatic heterocycles. The molecule has 0 atom stereocenters. The molecule has 0 radical (unpaired) electrons. The van der Waals surface area contributed by atoms with Crippen molar-refractivity contribution < 1.29 is 4.79 Å². The van der Waals surface area contributed by atoms with Crippen molar-refractivity contribution in [1.82, 2.24) is 4.90 Å². The number of hydrogen-bond acceptors (Lipinski definition) is 1. The number of rotatable bonds is 1. The Kier molecular flexibility index (Phi) is 3.33. The van der Waals surface area contributed by atoms with Crippen LogP contribution in [0.25, 0.3) is 0 Å². The molecule has 1 amide bonds. The van der Waals surface area contributed by atoms with Crippen LogP contribution >= 0.6 is 27.5 Å². The molecule has 0 bridgehead atoms. The Labute approximate surface area is 125 Å². The highest BCUT2D eigenvalue weighted by atomic mass is 79.9. The third-order valence-corrected chi connectivity index (χ3v) is 4.51. The molecule has 2 aromatic rings. The summed E-state index contributed by atoms with van der Waals surface area (Å²) < 4.78 is 0.747. The van der Waals surface area contributed by atoms with E-state index in [0.717, 1.165) is 4.47 Å². The maximum atomic E-state index is 12.4. The van der Waals surface area contributed by atoms with E-state index in [9.17, 15) is 4.79 Å². The van der Waals surface area contributed by atoms with Crippen LogP contribution in [0.1, 0.15) is 21.5 Å². The smallest absolute Gasteiger partial charge is 0.254 e. The maximum Gasteiger partial charge on any atom is 0.254 e. The van der Waals surface area contributed by atoms with Crippen LogP contribution in [0.4, 0.5) is 0 Å². The second kappa shape index (κ2) is 4.99. The van der Waals surface area contributed by atoms with Crippen molar-refractivity contribution in [3.8, 4) is 0 Å². The van der Waals surface area contributed by atoms with E-state index in [-0.39, 0.29) is 5.91 Å². The fourth-order valence-corrected chi connectivity index (χ4v) is 2.78. The Bertz CT molecular complexity index is 631. The molecule has 0 saturated carbocycles. The number of carbonyl (C=O) groups excluding carboxylic acids is 1. The van der Waals surface area contributed by atoms with Gasteiger partial charge in [-0.3, -0.25) is 4.79 Å². The largest absolute Gasteiger partial charge is 0.330 e. The minimum absolute atomic E-state index is 0.0357. The molecular formula is C15H11BrClNO. The van der Waals surface area contributed by atoms with Gasteiger partial charge in [0.15, 0.2) is 0 Å². The molecule has 96 valence electrons. The molecule has 0 aromatic heterocycles. The number of nitrogens with zero attached hydrogens (tertiary/aromatic N) is 1. The fourth-order valence-electron chi connectivity index (χ4n) is 2.29. The summed E-state index contributed by atoms with van der Waals surface area (Å²) in [5.41, 5.74) is 3.11. The molecule has 0 unspecified atom stereocenters. The second-order valence-electron chi connectivity index (χ2n) is 4.56. The van der Waals surface area contributed by atoms with Gasteiger partial charge in [-0.25, -0.2) is 0 Å². The lowest BCUT2D eigenvalue weighted by atomic mass is 10.1. The van der Waals surface area contributed by atoms with Crippen molar-refractivity contribution in [2.75, 3.05) is 0 Å². The number of halogens is 2. The van der Waals surface area contributed by atoms with Gasteiger partial charge in [0.1, 0.15) is 0 Å². The van der Waals surface area contributed by atoms with Crippen molar-refractivity contribution in [3.63, 3.8) is 0 Å². The van der Waals surface area contributed by atoms with E-state index in [1.807, 2.05) is 17.0 Å². The third-order valence-electron chi connectivity index (χ3n) is 3.29. The van der Waals surface area contributed by atoms with Crippen LogP contribution in [-0.2, 0) is 13.1 Å². The van der Waals surface area contributed by atoms with E-state index in [0.29, 0.717) is 23.7 Å². The monoisotopic (exact) mass is 335 g/mol. The molecule has 0 aliphatic carbocycles. The van der Waals surface area contributed by atoms with Gasteiger partial charge in [0.25, 0.3) is 5.91 Å². The van der Waals surface area contributed by atoms with E-state index in [2.05, 4.69) is 28.1 Å². The molecule has 0 saturated heterocycles. The minimum Gasteiger partial charge on any atom is -0.330 e. The van der Waals surface area contributed by atoms with Gasteiger partial charge in [0, 0.05) is 23.1 Å². The molecule has 1 heterocycles. The Morgan fingerprint density at radius 2 is 1.74 bits per heavy atom. The molecule has 2 aromatic carbocycles.